The summed E-state index contributed by atoms with van der Waals surface area (Å²) >= 11 is 0. The normalized spacial score (nSPS) is 31.0. The third-order valence-corrected chi connectivity index (χ3v) is 4.54. The highest BCUT2D eigenvalue weighted by Crippen LogP contribution is 2.40. The molecule has 1 aromatic rings. The summed E-state index contributed by atoms with van der Waals surface area (Å²) in [4.78, 5) is 24.9. The zero-order chi connectivity index (χ0) is 15.0. The number of aliphatic carboxylic acids is 1. The fourth-order valence-corrected chi connectivity index (χ4v) is 3.13. The Hall–Kier alpha value is -2.04. The quantitative estimate of drug-likeness (QED) is 0.892. The molecule has 21 heavy (non-hydrogen) atoms. The number of benzene rings is 1. The summed E-state index contributed by atoms with van der Waals surface area (Å²) in [7, 11) is 0. The van der Waals surface area contributed by atoms with Crippen LogP contribution in [0.1, 0.15) is 24.8 Å². The molecule has 112 valence electrons. The van der Waals surface area contributed by atoms with E-state index in [1.165, 1.54) is 5.56 Å². The molecule has 5 heteroatoms. The Bertz CT molecular complexity index is 546. The Balaban J connectivity index is 1.53. The second-order valence-electron chi connectivity index (χ2n) is 6.14. The van der Waals surface area contributed by atoms with Crippen molar-refractivity contribution in [2.75, 3.05) is 13.1 Å². The molecular formula is C16H20N2O3. The first-order valence-corrected chi connectivity index (χ1v) is 7.39. The maximum Gasteiger partial charge on any atom is 0.317 e. The summed E-state index contributed by atoms with van der Waals surface area (Å²) < 4.78 is 0. The molecule has 0 aromatic heterocycles. The van der Waals surface area contributed by atoms with Gasteiger partial charge in [0, 0.05) is 25.0 Å². The molecule has 0 spiro atoms. The largest absolute Gasteiger partial charge is 0.481 e. The van der Waals surface area contributed by atoms with Crippen molar-refractivity contribution in [2.45, 2.75) is 25.3 Å². The number of carboxylic acid groups (broad SMARTS) is 1. The third kappa shape index (κ3) is 2.86. The first-order valence-electron chi connectivity index (χ1n) is 7.39. The number of carbonyl (C=O) groups excluding carboxylic acids is 1. The Morgan fingerprint density at radius 2 is 1.95 bits per heavy atom. The predicted octanol–water partition coefficient (Wildman–Crippen LogP) is 1.90. The summed E-state index contributed by atoms with van der Waals surface area (Å²) in [5, 5.41) is 12.1. The molecule has 1 aliphatic carbocycles. The third-order valence-electron chi connectivity index (χ3n) is 4.54. The van der Waals surface area contributed by atoms with Gasteiger partial charge in [-0.05, 0) is 17.9 Å². The number of carbonyl (C=O) groups is 2. The van der Waals surface area contributed by atoms with Crippen molar-refractivity contribution < 1.29 is 14.7 Å². The van der Waals surface area contributed by atoms with Crippen LogP contribution in [0.5, 0.6) is 0 Å². The molecule has 1 heterocycles. The van der Waals surface area contributed by atoms with Crippen LogP contribution < -0.4 is 5.32 Å². The average molecular weight is 288 g/mol. The lowest BCUT2D eigenvalue weighted by molar-refractivity contribution is -0.142. The number of amides is 2. The van der Waals surface area contributed by atoms with Gasteiger partial charge >= 0.3 is 12.0 Å². The SMILES string of the molecule is C[C@@H]1CN(C(=O)NC2CC2c2ccccc2)C[C@H]1C(=O)O. The predicted molar refractivity (Wildman–Crippen MR) is 78.0 cm³/mol. The van der Waals surface area contributed by atoms with E-state index in [0.717, 1.165) is 6.42 Å². The van der Waals surface area contributed by atoms with Crippen molar-refractivity contribution in [1.82, 2.24) is 10.2 Å². The van der Waals surface area contributed by atoms with Gasteiger partial charge < -0.3 is 15.3 Å². The molecule has 2 aliphatic rings. The molecule has 2 N–H and O–H groups in total. The molecule has 1 aliphatic heterocycles. The zero-order valence-corrected chi connectivity index (χ0v) is 12.0. The van der Waals surface area contributed by atoms with Gasteiger partial charge in [-0.2, -0.15) is 0 Å². The number of likely N-dealkylation sites (tertiary alicyclic amines) is 1. The second kappa shape index (κ2) is 5.39. The van der Waals surface area contributed by atoms with Crippen LogP contribution >= 0.6 is 0 Å². The first kappa shape index (κ1) is 13.9. The fourth-order valence-electron chi connectivity index (χ4n) is 3.13. The van der Waals surface area contributed by atoms with E-state index in [1.54, 1.807) is 4.90 Å². The molecule has 1 aromatic carbocycles. The lowest BCUT2D eigenvalue weighted by atomic mass is 9.99. The molecule has 4 atom stereocenters. The van der Waals surface area contributed by atoms with Crippen LogP contribution in [0.15, 0.2) is 30.3 Å². The van der Waals surface area contributed by atoms with Gasteiger partial charge in [0.15, 0.2) is 0 Å². The molecule has 2 unspecified atom stereocenters. The van der Waals surface area contributed by atoms with Crippen molar-refractivity contribution in [2.24, 2.45) is 11.8 Å². The maximum atomic E-state index is 12.2. The van der Waals surface area contributed by atoms with Crippen LogP contribution in [0.25, 0.3) is 0 Å². The van der Waals surface area contributed by atoms with E-state index < -0.39 is 11.9 Å². The van der Waals surface area contributed by atoms with E-state index in [-0.39, 0.29) is 18.0 Å². The topological polar surface area (TPSA) is 69.6 Å². The monoisotopic (exact) mass is 288 g/mol. The standard InChI is InChI=1S/C16H20N2O3/c1-10-8-18(9-13(10)15(19)20)16(21)17-14-7-12(14)11-5-3-2-4-6-11/h2-6,10,12-14H,7-9H2,1H3,(H,17,21)(H,19,20)/t10-,12?,13-,14?/m1/s1. The average Bonchev–Trinajstić information content (AvgIpc) is 3.11. The number of hydrogen-bond acceptors (Lipinski definition) is 2. The maximum absolute atomic E-state index is 12.2. The van der Waals surface area contributed by atoms with Gasteiger partial charge in [0.1, 0.15) is 0 Å². The van der Waals surface area contributed by atoms with Gasteiger partial charge in [-0.15, -0.1) is 0 Å². The van der Waals surface area contributed by atoms with Crippen LogP contribution in [0.2, 0.25) is 0 Å². The lowest BCUT2D eigenvalue weighted by Gasteiger charge is -2.17. The zero-order valence-electron chi connectivity index (χ0n) is 12.0. The molecule has 1 saturated carbocycles. The molecule has 5 nitrogen and oxygen atoms in total. The van der Waals surface area contributed by atoms with Crippen molar-refractivity contribution in [3.05, 3.63) is 35.9 Å². The minimum atomic E-state index is -0.814. The number of nitrogens with zero attached hydrogens (tertiary/aromatic N) is 1. The smallest absolute Gasteiger partial charge is 0.317 e. The number of rotatable bonds is 3. The summed E-state index contributed by atoms with van der Waals surface area (Å²) in [6.07, 6.45) is 0.960. The van der Waals surface area contributed by atoms with E-state index in [0.29, 0.717) is 19.0 Å². The van der Waals surface area contributed by atoms with Crippen molar-refractivity contribution in [3.8, 4) is 0 Å². The van der Waals surface area contributed by atoms with Crippen LogP contribution in [-0.4, -0.2) is 41.1 Å². The molecule has 1 saturated heterocycles. The van der Waals surface area contributed by atoms with Crippen molar-refractivity contribution in [1.29, 1.82) is 0 Å². The van der Waals surface area contributed by atoms with Crippen LogP contribution in [0, 0.1) is 11.8 Å². The van der Waals surface area contributed by atoms with Crippen molar-refractivity contribution >= 4 is 12.0 Å². The molecule has 3 rings (SSSR count). The number of nitrogens with one attached hydrogen (secondary N) is 1. The number of carboxylic acids is 1. The van der Waals surface area contributed by atoms with Gasteiger partial charge in [0.2, 0.25) is 0 Å². The van der Waals surface area contributed by atoms with E-state index in [4.69, 9.17) is 5.11 Å². The molecule has 0 bridgehead atoms. The van der Waals surface area contributed by atoms with Gasteiger partial charge in [-0.3, -0.25) is 4.79 Å². The molecule has 2 amide bonds. The van der Waals surface area contributed by atoms with E-state index in [2.05, 4.69) is 17.4 Å². The van der Waals surface area contributed by atoms with E-state index >= 15 is 0 Å². The van der Waals surface area contributed by atoms with E-state index in [1.807, 2.05) is 25.1 Å². The summed E-state index contributed by atoms with van der Waals surface area (Å²) in [5.41, 5.74) is 1.25. The molecule has 2 fully saturated rings. The second-order valence-corrected chi connectivity index (χ2v) is 6.14. The van der Waals surface area contributed by atoms with E-state index in [9.17, 15) is 9.59 Å². The minimum Gasteiger partial charge on any atom is -0.481 e. The van der Waals surface area contributed by atoms with Crippen molar-refractivity contribution in [3.63, 3.8) is 0 Å². The first-order chi connectivity index (χ1) is 10.1. The minimum absolute atomic E-state index is 0.0115. The number of urea groups is 1. The van der Waals surface area contributed by atoms with Crippen LogP contribution in [-0.2, 0) is 4.79 Å². The highest BCUT2D eigenvalue weighted by molar-refractivity contribution is 5.78. The van der Waals surface area contributed by atoms with Gasteiger partial charge in [-0.25, -0.2) is 4.79 Å². The Morgan fingerprint density at radius 3 is 2.57 bits per heavy atom. The summed E-state index contributed by atoms with van der Waals surface area (Å²) in [6.45, 7) is 2.71. The van der Waals surface area contributed by atoms with Gasteiger partial charge in [0.05, 0.1) is 5.92 Å². The molecular weight excluding hydrogens is 268 g/mol. The fraction of sp³-hybridized carbons (Fsp3) is 0.500. The van der Waals surface area contributed by atoms with Crippen LogP contribution in [0.3, 0.4) is 0 Å². The Kier molecular flexibility index (Phi) is 3.57. The summed E-state index contributed by atoms with van der Waals surface area (Å²) in [5.74, 6) is -0.853. The lowest BCUT2D eigenvalue weighted by Crippen LogP contribution is -2.40. The summed E-state index contributed by atoms with van der Waals surface area (Å²) in [6, 6.07) is 10.2. The Morgan fingerprint density at radius 1 is 1.24 bits per heavy atom. The van der Waals surface area contributed by atoms with Gasteiger partial charge in [-0.1, -0.05) is 37.3 Å². The highest BCUT2D eigenvalue weighted by atomic mass is 16.4. The Labute approximate surface area is 123 Å². The number of hydrogen-bond donors (Lipinski definition) is 2. The molecule has 0 radical (unpaired) electrons. The highest BCUT2D eigenvalue weighted by Gasteiger charge is 2.42. The van der Waals surface area contributed by atoms with Crippen LogP contribution in [0.4, 0.5) is 4.79 Å². The van der Waals surface area contributed by atoms with Gasteiger partial charge in [0.25, 0.3) is 0 Å².